The number of nitrogens with zero attached hydrogens (tertiary/aromatic N) is 3. The van der Waals surface area contributed by atoms with Crippen LogP contribution in [0.1, 0.15) is 23.8 Å². The van der Waals surface area contributed by atoms with Crippen LogP contribution in [-0.4, -0.2) is 15.0 Å². The Morgan fingerprint density at radius 3 is 1.90 bits per heavy atom. The summed E-state index contributed by atoms with van der Waals surface area (Å²) in [5, 5.41) is 5.82. The van der Waals surface area contributed by atoms with E-state index in [2.05, 4.69) is 153 Å². The third-order valence-electron chi connectivity index (χ3n) is 11.8. The van der Waals surface area contributed by atoms with Gasteiger partial charge in [-0.1, -0.05) is 134 Å². The van der Waals surface area contributed by atoms with Crippen LogP contribution in [0, 0.1) is 0 Å². The number of aromatic nitrogens is 3. The van der Waals surface area contributed by atoms with Crippen molar-refractivity contribution in [3.05, 3.63) is 181 Å². The summed E-state index contributed by atoms with van der Waals surface area (Å²) in [5.74, 6) is 2.64. The summed E-state index contributed by atoms with van der Waals surface area (Å²) in [5.41, 5.74) is 9.82. The van der Waals surface area contributed by atoms with Crippen LogP contribution < -0.4 is 0 Å². The number of fused-ring (bicyclic) bond motifs is 9. The van der Waals surface area contributed by atoms with Gasteiger partial charge in [-0.15, -0.1) is 11.3 Å². The summed E-state index contributed by atoms with van der Waals surface area (Å²) in [7, 11) is 0. The van der Waals surface area contributed by atoms with E-state index in [9.17, 15) is 0 Å². The number of allylic oxidation sites excluding steroid dienone is 1. The minimum Gasteiger partial charge on any atom is -0.456 e. The smallest absolute Gasteiger partial charge is 0.164 e. The van der Waals surface area contributed by atoms with E-state index < -0.39 is 0 Å². The van der Waals surface area contributed by atoms with Crippen molar-refractivity contribution in [3.8, 4) is 45.3 Å². The first-order valence-corrected chi connectivity index (χ1v) is 20.4. The zero-order valence-corrected chi connectivity index (χ0v) is 32.3. The van der Waals surface area contributed by atoms with Crippen molar-refractivity contribution in [3.63, 3.8) is 0 Å². The highest BCUT2D eigenvalue weighted by molar-refractivity contribution is 7.25. The zero-order valence-electron chi connectivity index (χ0n) is 31.4. The maximum atomic E-state index is 6.53. The molecule has 12 rings (SSSR count). The molecule has 0 saturated carbocycles. The summed E-state index contributed by atoms with van der Waals surface area (Å²) in [6.07, 6.45) is 5.25. The number of furan rings is 2. The monoisotopic (exact) mass is 763 g/mol. The van der Waals surface area contributed by atoms with Crippen molar-refractivity contribution in [1.29, 1.82) is 0 Å². The summed E-state index contributed by atoms with van der Waals surface area (Å²) in [6, 6.07) is 55.2. The van der Waals surface area contributed by atoms with E-state index in [1.54, 1.807) is 0 Å². The molecule has 0 spiro atoms. The predicted octanol–water partition coefficient (Wildman–Crippen LogP) is 14.1. The second-order valence-electron chi connectivity index (χ2n) is 15.4. The predicted molar refractivity (Wildman–Crippen MR) is 238 cm³/mol. The van der Waals surface area contributed by atoms with Gasteiger partial charge in [0.1, 0.15) is 22.5 Å². The highest BCUT2D eigenvalue weighted by Gasteiger charge is 2.31. The van der Waals surface area contributed by atoms with Crippen molar-refractivity contribution in [2.45, 2.75) is 18.8 Å². The lowest BCUT2D eigenvalue weighted by atomic mass is 9.74. The van der Waals surface area contributed by atoms with E-state index in [0.717, 1.165) is 67.3 Å². The lowest BCUT2D eigenvalue weighted by molar-refractivity contribution is 0.550. The van der Waals surface area contributed by atoms with Gasteiger partial charge in [-0.25, -0.2) is 15.0 Å². The molecule has 58 heavy (non-hydrogen) atoms. The van der Waals surface area contributed by atoms with Gasteiger partial charge in [0.15, 0.2) is 17.5 Å². The maximum Gasteiger partial charge on any atom is 0.164 e. The Hall–Kier alpha value is -7.15. The summed E-state index contributed by atoms with van der Waals surface area (Å²) >= 11 is 1.83. The molecule has 1 aliphatic carbocycles. The second kappa shape index (κ2) is 12.7. The van der Waals surface area contributed by atoms with Gasteiger partial charge in [-0.2, -0.15) is 0 Å². The Morgan fingerprint density at radius 2 is 1.10 bits per heavy atom. The molecule has 0 amide bonds. The van der Waals surface area contributed by atoms with Gasteiger partial charge in [0.05, 0.1) is 0 Å². The van der Waals surface area contributed by atoms with Crippen molar-refractivity contribution in [1.82, 2.24) is 15.0 Å². The maximum absolute atomic E-state index is 6.53. The Labute approximate surface area is 337 Å². The van der Waals surface area contributed by atoms with Crippen molar-refractivity contribution >= 4 is 70.5 Å². The highest BCUT2D eigenvalue weighted by Crippen LogP contribution is 2.43. The first-order valence-electron chi connectivity index (χ1n) is 19.5. The summed E-state index contributed by atoms with van der Waals surface area (Å²) < 4.78 is 15.4. The molecule has 1 atom stereocenters. The van der Waals surface area contributed by atoms with Gasteiger partial charge < -0.3 is 8.83 Å². The molecular weight excluding hydrogens is 731 g/mol. The van der Waals surface area contributed by atoms with Crippen molar-refractivity contribution < 1.29 is 8.83 Å². The lowest BCUT2D eigenvalue weighted by Gasteiger charge is -2.29. The van der Waals surface area contributed by atoms with Crippen LogP contribution in [0.25, 0.3) is 104 Å². The van der Waals surface area contributed by atoms with Crippen LogP contribution >= 0.6 is 11.3 Å². The molecule has 4 aromatic heterocycles. The van der Waals surface area contributed by atoms with Crippen LogP contribution in [0.5, 0.6) is 0 Å². The van der Waals surface area contributed by atoms with Crippen molar-refractivity contribution in [2.75, 3.05) is 0 Å². The van der Waals surface area contributed by atoms with Crippen LogP contribution in [-0.2, 0) is 11.8 Å². The Bertz CT molecular complexity index is 3450. The van der Waals surface area contributed by atoms with Gasteiger partial charge >= 0.3 is 0 Å². The average molecular weight is 764 g/mol. The van der Waals surface area contributed by atoms with Gasteiger partial charge in [0, 0.05) is 64.0 Å². The fourth-order valence-corrected chi connectivity index (χ4v) is 9.90. The van der Waals surface area contributed by atoms with E-state index in [1.807, 2.05) is 35.6 Å². The molecule has 11 aromatic rings. The quantitative estimate of drug-likeness (QED) is 0.175. The molecule has 0 bridgehead atoms. The van der Waals surface area contributed by atoms with E-state index in [4.69, 9.17) is 23.8 Å². The molecule has 0 fully saturated rings. The minimum absolute atomic E-state index is 0.123. The number of hydrogen-bond acceptors (Lipinski definition) is 6. The standard InChI is InChI=1S/C52H33N3O2S/c1-52(35-10-3-2-4-11-35)27-26-43-41(30-52)39-25-23-34(29-45(39)57-43)51-54-49(53-50(55-51)33-22-24-38-37-12-5-7-15-42(37)56-44(38)28-33)32-20-18-31(19-21-32)36-14-9-17-47-48(36)40-13-6-8-16-46(40)58-47/h2-29H,30H2,1H3. The molecule has 0 radical (unpaired) electrons. The third kappa shape index (κ3) is 5.26. The Balaban J connectivity index is 0.974. The van der Waals surface area contributed by atoms with E-state index in [-0.39, 0.29) is 5.41 Å². The van der Waals surface area contributed by atoms with Gasteiger partial charge in [-0.3, -0.25) is 0 Å². The number of para-hydroxylation sites is 1. The normalized spacial score (nSPS) is 15.3. The molecule has 0 N–H and O–H groups in total. The van der Waals surface area contributed by atoms with Gasteiger partial charge in [-0.05, 0) is 65.6 Å². The van der Waals surface area contributed by atoms with E-state index in [1.165, 1.54) is 36.9 Å². The van der Waals surface area contributed by atoms with Crippen molar-refractivity contribution in [2.24, 2.45) is 0 Å². The first-order chi connectivity index (χ1) is 28.5. The highest BCUT2D eigenvalue weighted by atomic mass is 32.1. The molecule has 1 unspecified atom stereocenters. The van der Waals surface area contributed by atoms with E-state index in [0.29, 0.717) is 17.5 Å². The SMILES string of the molecule is CC1(c2ccccc2)C=Cc2oc3cc(-c4nc(-c5ccc(-c6cccc7sc8ccccc8c67)cc5)nc(-c5ccc6c(c5)oc5ccccc56)n4)ccc3c2C1. The average Bonchev–Trinajstić information content (AvgIpc) is 3.97. The number of thiophene rings is 1. The van der Waals surface area contributed by atoms with Crippen LogP contribution in [0.4, 0.5) is 0 Å². The largest absolute Gasteiger partial charge is 0.456 e. The fourth-order valence-electron chi connectivity index (χ4n) is 8.77. The molecule has 5 nitrogen and oxygen atoms in total. The zero-order chi connectivity index (χ0) is 38.4. The first kappa shape index (κ1) is 33.0. The molecular formula is C52H33N3O2S. The molecule has 7 aromatic carbocycles. The number of rotatable bonds is 5. The molecule has 0 aliphatic heterocycles. The third-order valence-corrected chi connectivity index (χ3v) is 12.9. The lowest BCUT2D eigenvalue weighted by Crippen LogP contribution is -2.24. The molecule has 0 saturated heterocycles. The minimum atomic E-state index is -0.123. The van der Waals surface area contributed by atoms with Crippen LogP contribution in [0.3, 0.4) is 0 Å². The Morgan fingerprint density at radius 1 is 0.500 bits per heavy atom. The second-order valence-corrected chi connectivity index (χ2v) is 16.5. The van der Waals surface area contributed by atoms with Gasteiger partial charge in [0.2, 0.25) is 0 Å². The molecule has 4 heterocycles. The van der Waals surface area contributed by atoms with Gasteiger partial charge in [0.25, 0.3) is 0 Å². The summed E-state index contributed by atoms with van der Waals surface area (Å²) in [4.78, 5) is 15.4. The van der Waals surface area contributed by atoms with Crippen LogP contribution in [0.2, 0.25) is 0 Å². The van der Waals surface area contributed by atoms with Crippen LogP contribution in [0.15, 0.2) is 173 Å². The topological polar surface area (TPSA) is 65.0 Å². The molecule has 1 aliphatic rings. The summed E-state index contributed by atoms with van der Waals surface area (Å²) in [6.45, 7) is 2.29. The Kier molecular flexibility index (Phi) is 7.22. The molecule has 274 valence electrons. The number of benzene rings is 7. The molecule has 6 heteroatoms. The van der Waals surface area contributed by atoms with E-state index >= 15 is 0 Å². The number of hydrogen-bond donors (Lipinski definition) is 0. The fraction of sp³-hybridized carbons (Fsp3) is 0.0577.